The Morgan fingerprint density at radius 2 is 1.32 bits per heavy atom. The molecule has 0 unspecified atom stereocenters. The number of rotatable bonds is 6. The maximum atomic E-state index is 12.7. The number of carbonyl (C=O) groups is 1. The zero-order valence-corrected chi connectivity index (χ0v) is 13.2. The summed E-state index contributed by atoms with van der Waals surface area (Å²) in [5.74, 6) is -1.92. The fourth-order valence-corrected chi connectivity index (χ4v) is 1.94. The number of carbonyl (C=O) groups excluding carboxylic acids is 1. The van der Waals surface area contributed by atoms with Gasteiger partial charge in [0.2, 0.25) is 5.75 Å². The topological polar surface area (TPSA) is 65.0 Å². The third kappa shape index (κ3) is 3.91. The first kappa shape index (κ1) is 20.9. The number of ether oxygens (including phenoxy) is 3. The quantitative estimate of drug-likeness (QED) is 0.611. The molecule has 0 saturated heterocycles. The Labute approximate surface area is 138 Å². The lowest BCUT2D eigenvalue weighted by atomic mass is 9.92. The van der Waals surface area contributed by atoms with Crippen LogP contribution >= 0.6 is 0 Å². The van der Waals surface area contributed by atoms with Gasteiger partial charge < -0.3 is 19.3 Å². The normalized spacial score (nSPS) is 12.7. The molecular formula is C14H14F6O5. The van der Waals surface area contributed by atoms with Crippen LogP contribution < -0.4 is 14.2 Å². The first-order chi connectivity index (χ1) is 11.3. The van der Waals surface area contributed by atoms with Gasteiger partial charge in [0, 0.05) is 5.56 Å². The highest BCUT2D eigenvalue weighted by Crippen LogP contribution is 2.46. The van der Waals surface area contributed by atoms with E-state index in [9.17, 15) is 31.1 Å². The Morgan fingerprint density at radius 3 is 1.60 bits per heavy atom. The lowest BCUT2D eigenvalue weighted by molar-refractivity contribution is -0.365. The minimum Gasteiger partial charge on any atom is -0.493 e. The summed E-state index contributed by atoms with van der Waals surface area (Å²) in [5, 5.41) is 9.11. The van der Waals surface area contributed by atoms with Crippen molar-refractivity contribution in [2.75, 3.05) is 21.3 Å². The summed E-state index contributed by atoms with van der Waals surface area (Å²) < 4.78 is 90.8. The molecule has 1 N–H and O–H groups in total. The first-order valence-corrected chi connectivity index (χ1v) is 6.51. The smallest absolute Gasteiger partial charge is 0.426 e. The van der Waals surface area contributed by atoms with Crippen molar-refractivity contribution in [3.63, 3.8) is 0 Å². The summed E-state index contributed by atoms with van der Waals surface area (Å²) in [6.45, 7) is 0. The molecule has 11 heteroatoms. The van der Waals surface area contributed by atoms with Gasteiger partial charge in [0.1, 0.15) is 0 Å². The molecule has 1 rings (SSSR count). The summed E-state index contributed by atoms with van der Waals surface area (Å²) in [5.41, 5.74) is -5.77. The van der Waals surface area contributed by atoms with Crippen LogP contribution in [0.5, 0.6) is 17.2 Å². The Balaban J connectivity index is 3.36. The molecule has 1 aromatic rings. The SMILES string of the molecule is COc1cc(C(=O)CC(O)(C(F)(F)F)C(F)(F)F)cc(OC)c1OC. The molecule has 5 nitrogen and oxygen atoms in total. The van der Waals surface area contributed by atoms with Gasteiger partial charge in [0.15, 0.2) is 17.3 Å². The molecule has 0 aliphatic carbocycles. The number of aliphatic hydroxyl groups is 1. The van der Waals surface area contributed by atoms with Gasteiger partial charge >= 0.3 is 12.4 Å². The monoisotopic (exact) mass is 376 g/mol. The van der Waals surface area contributed by atoms with E-state index in [1.54, 1.807) is 0 Å². The third-order valence-electron chi connectivity index (χ3n) is 3.34. The summed E-state index contributed by atoms with van der Waals surface area (Å²) in [6, 6.07) is 1.77. The number of methoxy groups -OCH3 is 3. The predicted molar refractivity (Wildman–Crippen MR) is 72.1 cm³/mol. The maximum Gasteiger partial charge on any atom is 0.426 e. The lowest BCUT2D eigenvalue weighted by Crippen LogP contribution is -2.57. The second-order valence-corrected chi connectivity index (χ2v) is 4.87. The molecule has 0 fully saturated rings. The fourth-order valence-electron chi connectivity index (χ4n) is 1.94. The van der Waals surface area contributed by atoms with Crippen molar-refractivity contribution >= 4 is 5.78 Å². The van der Waals surface area contributed by atoms with Gasteiger partial charge in [-0.2, -0.15) is 26.3 Å². The van der Waals surface area contributed by atoms with Crippen LogP contribution in [-0.4, -0.2) is 50.2 Å². The zero-order chi connectivity index (χ0) is 19.6. The molecule has 0 aromatic heterocycles. The molecule has 0 atom stereocenters. The summed E-state index contributed by atoms with van der Waals surface area (Å²) in [6.07, 6.45) is -14.4. The molecule has 0 radical (unpaired) electrons. The van der Waals surface area contributed by atoms with Gasteiger partial charge in [0.05, 0.1) is 27.8 Å². The van der Waals surface area contributed by atoms with Gasteiger partial charge in [0.25, 0.3) is 5.60 Å². The average molecular weight is 376 g/mol. The van der Waals surface area contributed by atoms with Gasteiger partial charge in [-0.3, -0.25) is 4.79 Å². The van der Waals surface area contributed by atoms with E-state index >= 15 is 0 Å². The van der Waals surface area contributed by atoms with Gasteiger partial charge in [-0.05, 0) is 12.1 Å². The van der Waals surface area contributed by atoms with Crippen molar-refractivity contribution in [3.05, 3.63) is 17.7 Å². The number of halogens is 6. The molecule has 0 saturated carbocycles. The highest BCUT2D eigenvalue weighted by Gasteiger charge is 2.70. The van der Waals surface area contributed by atoms with Crippen LogP contribution in [0.3, 0.4) is 0 Å². The summed E-state index contributed by atoms with van der Waals surface area (Å²) in [4.78, 5) is 12.0. The van der Waals surface area contributed by atoms with Gasteiger partial charge in [-0.1, -0.05) is 0 Å². The van der Waals surface area contributed by atoms with E-state index in [0.717, 1.165) is 26.4 Å². The lowest BCUT2D eigenvalue weighted by Gasteiger charge is -2.31. The Bertz CT molecular complexity index is 599. The zero-order valence-electron chi connectivity index (χ0n) is 13.2. The molecule has 0 spiro atoms. The second-order valence-electron chi connectivity index (χ2n) is 4.87. The highest BCUT2D eigenvalue weighted by molar-refractivity contribution is 5.98. The van der Waals surface area contributed by atoms with Gasteiger partial charge in [-0.25, -0.2) is 0 Å². The van der Waals surface area contributed by atoms with Crippen LogP contribution in [0.15, 0.2) is 12.1 Å². The fraction of sp³-hybridized carbons (Fsp3) is 0.500. The second kappa shape index (κ2) is 6.98. The number of alkyl halides is 6. The predicted octanol–water partition coefficient (Wildman–Crippen LogP) is 3.14. The van der Waals surface area contributed by atoms with E-state index in [-0.39, 0.29) is 17.2 Å². The van der Waals surface area contributed by atoms with E-state index < -0.39 is 35.7 Å². The number of benzene rings is 1. The van der Waals surface area contributed by atoms with Crippen molar-refractivity contribution < 1.29 is 50.5 Å². The Morgan fingerprint density at radius 1 is 0.920 bits per heavy atom. The molecule has 25 heavy (non-hydrogen) atoms. The number of ketones is 1. The average Bonchev–Trinajstić information content (AvgIpc) is 2.50. The molecular weight excluding hydrogens is 362 g/mol. The van der Waals surface area contributed by atoms with Crippen LogP contribution in [0, 0.1) is 0 Å². The molecule has 142 valence electrons. The van der Waals surface area contributed by atoms with Crippen LogP contribution in [0.4, 0.5) is 26.3 Å². The third-order valence-corrected chi connectivity index (χ3v) is 3.34. The molecule has 0 aliphatic heterocycles. The number of hydrogen-bond donors (Lipinski definition) is 1. The van der Waals surface area contributed by atoms with Crippen LogP contribution in [0.2, 0.25) is 0 Å². The summed E-state index contributed by atoms with van der Waals surface area (Å²) >= 11 is 0. The van der Waals surface area contributed by atoms with E-state index in [2.05, 4.69) is 0 Å². The molecule has 0 aliphatic rings. The Kier molecular flexibility index (Phi) is 5.83. The van der Waals surface area contributed by atoms with Crippen molar-refractivity contribution in [1.82, 2.24) is 0 Å². The Hall–Kier alpha value is -2.17. The molecule has 0 amide bonds. The van der Waals surface area contributed by atoms with E-state index in [1.165, 1.54) is 7.11 Å². The van der Waals surface area contributed by atoms with Crippen LogP contribution in [0.25, 0.3) is 0 Å². The number of hydrogen-bond acceptors (Lipinski definition) is 5. The largest absolute Gasteiger partial charge is 0.493 e. The van der Waals surface area contributed by atoms with Crippen LogP contribution in [-0.2, 0) is 0 Å². The van der Waals surface area contributed by atoms with E-state index in [0.29, 0.717) is 0 Å². The van der Waals surface area contributed by atoms with Crippen molar-refractivity contribution in [1.29, 1.82) is 0 Å². The highest BCUT2D eigenvalue weighted by atomic mass is 19.4. The van der Waals surface area contributed by atoms with E-state index in [4.69, 9.17) is 19.3 Å². The van der Waals surface area contributed by atoms with Crippen LogP contribution in [0.1, 0.15) is 16.8 Å². The minimum absolute atomic E-state index is 0.0107. The summed E-state index contributed by atoms with van der Waals surface area (Å²) in [7, 11) is 3.51. The van der Waals surface area contributed by atoms with Crippen molar-refractivity contribution in [2.45, 2.75) is 24.4 Å². The first-order valence-electron chi connectivity index (χ1n) is 6.51. The standard InChI is InChI=1S/C14H14F6O5/c1-23-9-4-7(5-10(24-2)11(9)25-3)8(21)6-12(22,13(15,16)17)14(18,19)20/h4-5,22H,6H2,1-3H3. The maximum absolute atomic E-state index is 12.7. The molecule has 1 aromatic carbocycles. The number of Topliss-reactive ketones (excluding diaryl/α,β-unsaturated/α-hetero) is 1. The van der Waals surface area contributed by atoms with Crippen molar-refractivity contribution in [3.8, 4) is 17.2 Å². The van der Waals surface area contributed by atoms with Gasteiger partial charge in [-0.15, -0.1) is 0 Å². The minimum atomic E-state index is -6.10. The molecule has 0 bridgehead atoms. The van der Waals surface area contributed by atoms with E-state index in [1.807, 2.05) is 0 Å². The molecule has 0 heterocycles. The van der Waals surface area contributed by atoms with Crippen molar-refractivity contribution in [2.24, 2.45) is 0 Å².